The van der Waals surface area contributed by atoms with E-state index >= 15 is 0 Å². The summed E-state index contributed by atoms with van der Waals surface area (Å²) >= 11 is 0. The lowest BCUT2D eigenvalue weighted by Gasteiger charge is -2.18. The van der Waals surface area contributed by atoms with E-state index in [0.717, 1.165) is 16.8 Å². The molecule has 2 N–H and O–H groups in total. The van der Waals surface area contributed by atoms with Gasteiger partial charge in [0.15, 0.2) is 0 Å². The fourth-order valence-electron chi connectivity index (χ4n) is 3.51. The van der Waals surface area contributed by atoms with Crippen LogP contribution >= 0.6 is 0 Å². The minimum absolute atomic E-state index is 0.0733. The van der Waals surface area contributed by atoms with Gasteiger partial charge in [-0.25, -0.2) is 9.37 Å². The van der Waals surface area contributed by atoms with Gasteiger partial charge in [-0.15, -0.1) is 0 Å². The zero-order valence-electron chi connectivity index (χ0n) is 15.7. The molecule has 2 heterocycles. The molecule has 0 bridgehead atoms. The maximum Gasteiger partial charge on any atom is 0.251 e. The first-order chi connectivity index (χ1) is 13.5. The van der Waals surface area contributed by atoms with Gasteiger partial charge < -0.3 is 4.98 Å². The molecular formula is C22H21FN4O. The quantitative estimate of drug-likeness (QED) is 0.541. The third kappa shape index (κ3) is 3.45. The molecule has 142 valence electrons. The van der Waals surface area contributed by atoms with E-state index in [0.29, 0.717) is 29.0 Å². The van der Waals surface area contributed by atoms with Gasteiger partial charge in [-0.1, -0.05) is 44.2 Å². The summed E-state index contributed by atoms with van der Waals surface area (Å²) in [4.78, 5) is 19.9. The summed E-state index contributed by atoms with van der Waals surface area (Å²) in [6.45, 7) is 4.19. The minimum Gasteiger partial charge on any atom is -0.322 e. The van der Waals surface area contributed by atoms with Crippen molar-refractivity contribution in [2.75, 3.05) is 0 Å². The number of hydrogen-bond donors (Lipinski definition) is 2. The number of nitrogens with zero attached hydrogens (tertiary/aromatic N) is 2. The molecule has 0 spiro atoms. The molecule has 4 aromatic rings. The summed E-state index contributed by atoms with van der Waals surface area (Å²) < 4.78 is 14.1. The number of pyridine rings is 1. The largest absolute Gasteiger partial charge is 0.322 e. The van der Waals surface area contributed by atoms with E-state index in [1.165, 1.54) is 12.4 Å². The molecule has 0 aliphatic carbocycles. The molecule has 0 radical (unpaired) electrons. The maximum atomic E-state index is 14.1. The van der Waals surface area contributed by atoms with Crippen molar-refractivity contribution in [3.8, 4) is 11.3 Å². The number of benzene rings is 2. The monoisotopic (exact) mass is 376 g/mol. The summed E-state index contributed by atoms with van der Waals surface area (Å²) in [6, 6.07) is 14.2. The van der Waals surface area contributed by atoms with Crippen LogP contribution in [0.15, 0.2) is 59.7 Å². The molecule has 0 aliphatic rings. The van der Waals surface area contributed by atoms with Crippen molar-refractivity contribution in [1.82, 2.24) is 20.2 Å². The van der Waals surface area contributed by atoms with Crippen molar-refractivity contribution in [3.05, 3.63) is 82.4 Å². The molecule has 1 unspecified atom stereocenters. The molecule has 5 nitrogen and oxygen atoms in total. The molecule has 2 aromatic heterocycles. The van der Waals surface area contributed by atoms with Crippen LogP contribution in [0.1, 0.15) is 31.2 Å². The minimum atomic E-state index is -0.273. The first-order valence-corrected chi connectivity index (χ1v) is 9.29. The Kier molecular flexibility index (Phi) is 4.77. The molecule has 0 saturated carbocycles. The van der Waals surface area contributed by atoms with Gasteiger partial charge in [-0.05, 0) is 41.5 Å². The third-order valence-corrected chi connectivity index (χ3v) is 5.16. The second-order valence-corrected chi connectivity index (χ2v) is 7.33. The number of hydrogen-bond acceptors (Lipinski definition) is 3. The van der Waals surface area contributed by atoms with Crippen molar-refractivity contribution >= 4 is 10.8 Å². The summed E-state index contributed by atoms with van der Waals surface area (Å²) in [5.41, 5.74) is 1.98. The van der Waals surface area contributed by atoms with Crippen LogP contribution in [0, 0.1) is 11.7 Å². The number of nitrogens with one attached hydrogen (secondary N) is 2. The molecule has 2 aromatic carbocycles. The lowest BCUT2D eigenvalue weighted by molar-refractivity contribution is 0.472. The highest BCUT2D eigenvalue weighted by atomic mass is 19.1. The Balaban J connectivity index is 1.66. The average molecular weight is 376 g/mol. The zero-order chi connectivity index (χ0) is 19.7. The van der Waals surface area contributed by atoms with Crippen LogP contribution in [0.5, 0.6) is 0 Å². The molecule has 0 saturated heterocycles. The van der Waals surface area contributed by atoms with Gasteiger partial charge in [0.05, 0.1) is 0 Å². The van der Waals surface area contributed by atoms with Gasteiger partial charge in [0.2, 0.25) is 0 Å². The van der Waals surface area contributed by atoms with Crippen LogP contribution in [0.3, 0.4) is 0 Å². The second kappa shape index (κ2) is 7.38. The van der Waals surface area contributed by atoms with Crippen LogP contribution in [0.25, 0.3) is 22.0 Å². The van der Waals surface area contributed by atoms with Gasteiger partial charge in [0.1, 0.15) is 18.0 Å². The van der Waals surface area contributed by atoms with Gasteiger partial charge >= 0.3 is 0 Å². The van der Waals surface area contributed by atoms with Gasteiger partial charge in [0.25, 0.3) is 5.56 Å². The highest BCUT2D eigenvalue weighted by Crippen LogP contribution is 2.27. The second-order valence-electron chi connectivity index (χ2n) is 7.33. The summed E-state index contributed by atoms with van der Waals surface area (Å²) in [7, 11) is 0. The fraction of sp³-hybridized carbons (Fsp3) is 0.227. The Hall–Kier alpha value is -3.28. The number of rotatable bonds is 5. The first kappa shape index (κ1) is 18.1. The van der Waals surface area contributed by atoms with Gasteiger partial charge in [-0.3, -0.25) is 9.89 Å². The number of H-pyrrole nitrogens is 2. The Bertz CT molecular complexity index is 1160. The molecule has 0 aliphatic heterocycles. The van der Waals surface area contributed by atoms with E-state index in [-0.39, 0.29) is 17.3 Å². The molecule has 0 fully saturated rings. The van der Waals surface area contributed by atoms with Gasteiger partial charge in [-0.2, -0.15) is 5.10 Å². The van der Waals surface area contributed by atoms with Crippen LogP contribution in [0.4, 0.5) is 4.39 Å². The smallest absolute Gasteiger partial charge is 0.251 e. The highest BCUT2D eigenvalue weighted by Gasteiger charge is 2.20. The third-order valence-electron chi connectivity index (χ3n) is 5.16. The van der Waals surface area contributed by atoms with Crippen LogP contribution in [0.2, 0.25) is 0 Å². The Morgan fingerprint density at radius 3 is 2.68 bits per heavy atom. The number of fused-ring (bicyclic) bond motifs is 1. The first-order valence-electron chi connectivity index (χ1n) is 9.29. The van der Waals surface area contributed by atoms with Gasteiger partial charge in [0, 0.05) is 22.6 Å². The lowest BCUT2D eigenvalue weighted by Crippen LogP contribution is -2.19. The SMILES string of the molecule is CC(C)C(Cc1ccc(-c2ccc3cccc(F)c3c2)[nH]c1=O)c1ncn[nH]1. The molecule has 6 heteroatoms. The number of aromatic amines is 2. The molecular weight excluding hydrogens is 355 g/mol. The lowest BCUT2D eigenvalue weighted by atomic mass is 9.89. The van der Waals surface area contributed by atoms with Crippen molar-refractivity contribution in [2.45, 2.75) is 26.2 Å². The molecule has 28 heavy (non-hydrogen) atoms. The van der Waals surface area contributed by atoms with Crippen LogP contribution < -0.4 is 5.56 Å². The van der Waals surface area contributed by atoms with Crippen LogP contribution in [-0.4, -0.2) is 20.2 Å². The topological polar surface area (TPSA) is 74.4 Å². The fourth-order valence-corrected chi connectivity index (χ4v) is 3.51. The Labute approximate surface area is 161 Å². The molecule has 0 amide bonds. The van der Waals surface area contributed by atoms with E-state index < -0.39 is 0 Å². The van der Waals surface area contributed by atoms with Crippen molar-refractivity contribution in [2.24, 2.45) is 5.92 Å². The predicted octanol–water partition coefficient (Wildman–Crippen LogP) is 4.43. The number of aromatic nitrogens is 4. The maximum absolute atomic E-state index is 14.1. The summed E-state index contributed by atoms with van der Waals surface area (Å²) in [5, 5.41) is 8.20. The van der Waals surface area contributed by atoms with E-state index in [2.05, 4.69) is 34.0 Å². The van der Waals surface area contributed by atoms with E-state index in [1.54, 1.807) is 12.1 Å². The predicted molar refractivity (Wildman–Crippen MR) is 108 cm³/mol. The zero-order valence-corrected chi connectivity index (χ0v) is 15.7. The van der Waals surface area contributed by atoms with Crippen molar-refractivity contribution < 1.29 is 4.39 Å². The van der Waals surface area contributed by atoms with E-state index in [1.807, 2.05) is 30.3 Å². The normalized spacial score (nSPS) is 12.6. The van der Waals surface area contributed by atoms with E-state index in [9.17, 15) is 9.18 Å². The highest BCUT2D eigenvalue weighted by molar-refractivity contribution is 5.87. The van der Waals surface area contributed by atoms with Crippen molar-refractivity contribution in [1.29, 1.82) is 0 Å². The summed E-state index contributed by atoms with van der Waals surface area (Å²) in [5.74, 6) is 0.883. The molecule has 1 atom stereocenters. The average Bonchev–Trinajstić information content (AvgIpc) is 3.21. The summed E-state index contributed by atoms with van der Waals surface area (Å²) in [6.07, 6.45) is 2.05. The van der Waals surface area contributed by atoms with Crippen LogP contribution in [-0.2, 0) is 6.42 Å². The molecule has 4 rings (SSSR count). The number of halogens is 1. The van der Waals surface area contributed by atoms with E-state index in [4.69, 9.17) is 0 Å². The Morgan fingerprint density at radius 1 is 1.11 bits per heavy atom. The Morgan fingerprint density at radius 2 is 1.96 bits per heavy atom. The van der Waals surface area contributed by atoms with Crippen molar-refractivity contribution in [3.63, 3.8) is 0 Å². The standard InChI is InChI=1S/C22H21FN4O/c1-13(2)17(21-24-12-25-27-21)11-16-8-9-20(26-22(16)28)15-7-6-14-4-3-5-19(23)18(14)10-15/h3-10,12-13,17H,11H2,1-2H3,(H,26,28)(H,24,25,27).